The Morgan fingerprint density at radius 2 is 1.73 bits per heavy atom. The van der Waals surface area contributed by atoms with Gasteiger partial charge in [-0.15, -0.1) is 6.58 Å². The van der Waals surface area contributed by atoms with Gasteiger partial charge in [0.15, 0.2) is 0 Å². The first-order valence-electron chi connectivity index (χ1n) is 16.5. The van der Waals surface area contributed by atoms with E-state index in [1.54, 1.807) is 6.07 Å². The van der Waals surface area contributed by atoms with Gasteiger partial charge in [-0.25, -0.2) is 14.0 Å². The highest BCUT2D eigenvalue weighted by molar-refractivity contribution is 9.10. The number of fused-ring (bicyclic) bond motifs is 2. The van der Waals surface area contributed by atoms with E-state index in [0.29, 0.717) is 48.2 Å². The molecular weight excluding hydrogens is 693 g/mol. The van der Waals surface area contributed by atoms with E-state index in [9.17, 15) is 29.0 Å². The molecule has 256 valence electrons. The van der Waals surface area contributed by atoms with Gasteiger partial charge in [0.2, 0.25) is 0 Å². The number of amides is 3. The first-order valence-corrected chi connectivity index (χ1v) is 17.3. The summed E-state index contributed by atoms with van der Waals surface area (Å²) in [5, 5.41) is 20.3. The molecule has 2 aliphatic heterocycles. The lowest BCUT2D eigenvalue weighted by atomic mass is 9.81. The lowest BCUT2D eigenvalue weighted by molar-refractivity contribution is -0.129. The fourth-order valence-electron chi connectivity index (χ4n) is 6.98. The van der Waals surface area contributed by atoms with E-state index in [0.717, 1.165) is 40.7 Å². The van der Waals surface area contributed by atoms with E-state index in [1.165, 1.54) is 21.9 Å². The SMILES string of the molecule is C=CCc1ccccc1CN(C(=O)C1=C(c2ccc(CCCOc3cc(F)ccc3Br)cc2)C[C@@H]2CN(C(=O)O)C[C@H]1N2C(=O)O)C1CC1. The number of carboxylic acid groups (broad SMARTS) is 2. The summed E-state index contributed by atoms with van der Waals surface area (Å²) in [4.78, 5) is 44.0. The zero-order valence-electron chi connectivity index (χ0n) is 27.1. The molecule has 0 unspecified atom stereocenters. The van der Waals surface area contributed by atoms with E-state index in [2.05, 4.69) is 22.5 Å². The molecule has 2 bridgehead atoms. The Kier molecular flexibility index (Phi) is 10.4. The van der Waals surface area contributed by atoms with Gasteiger partial charge in [-0.05, 0) is 94.4 Å². The fourth-order valence-corrected chi connectivity index (χ4v) is 7.34. The molecule has 2 fully saturated rings. The Balaban J connectivity index is 1.30. The van der Waals surface area contributed by atoms with Gasteiger partial charge in [0.05, 0.1) is 23.2 Å². The number of piperazine rings is 1. The first kappa shape index (κ1) is 34.2. The summed E-state index contributed by atoms with van der Waals surface area (Å²) in [7, 11) is 0. The molecule has 1 saturated carbocycles. The average molecular weight is 733 g/mol. The van der Waals surface area contributed by atoms with Crippen LogP contribution in [0.1, 0.15) is 47.9 Å². The van der Waals surface area contributed by atoms with Gasteiger partial charge < -0.3 is 24.7 Å². The Morgan fingerprint density at radius 3 is 2.41 bits per heavy atom. The molecule has 2 atom stereocenters. The van der Waals surface area contributed by atoms with Gasteiger partial charge in [0.1, 0.15) is 11.6 Å². The second kappa shape index (κ2) is 14.9. The summed E-state index contributed by atoms with van der Waals surface area (Å²) in [5.74, 6) is -0.172. The van der Waals surface area contributed by atoms with Crippen molar-refractivity contribution < 1.29 is 33.7 Å². The zero-order valence-corrected chi connectivity index (χ0v) is 28.6. The molecule has 0 radical (unpaired) electrons. The number of allylic oxidation sites excluding steroid dienone is 1. The number of carbonyl (C=O) groups excluding carboxylic acids is 1. The molecule has 6 rings (SSSR count). The van der Waals surface area contributed by atoms with Crippen LogP contribution in [0, 0.1) is 5.82 Å². The highest BCUT2D eigenvalue weighted by Crippen LogP contribution is 2.41. The molecule has 3 aliphatic rings. The largest absolute Gasteiger partial charge is 0.492 e. The monoisotopic (exact) mass is 731 g/mol. The number of hydrogen-bond donors (Lipinski definition) is 2. The molecule has 2 heterocycles. The third-order valence-corrected chi connectivity index (χ3v) is 10.2. The molecule has 3 amide bonds. The van der Waals surface area contributed by atoms with E-state index in [-0.39, 0.29) is 37.3 Å². The Hall–Kier alpha value is -4.64. The second-order valence-corrected chi connectivity index (χ2v) is 13.6. The van der Waals surface area contributed by atoms with Crippen LogP contribution >= 0.6 is 15.9 Å². The van der Waals surface area contributed by atoms with E-state index in [4.69, 9.17) is 4.74 Å². The minimum atomic E-state index is -1.17. The standard InChI is InChI=1S/C38H39BrFN3O6/c1-2-6-25-8-3-4-9-27(25)21-42(29-15-16-29)36(44)35-31(20-30-22-41(37(45)46)23-33(35)43(30)38(47)48)26-12-10-24(11-13-26)7-5-18-49-34-19-28(40)14-17-32(34)39/h2-4,8-14,17,19,29-30,33H,1,5-7,15-16,18,20-23H2,(H,45,46)(H,47,48)/t30-,33-/m1/s1. The molecule has 0 aromatic heterocycles. The van der Waals surface area contributed by atoms with Crippen molar-refractivity contribution in [2.75, 3.05) is 19.7 Å². The minimum absolute atomic E-state index is 0.0193. The number of carbonyl (C=O) groups is 3. The Bertz CT molecular complexity index is 1780. The van der Waals surface area contributed by atoms with E-state index in [1.807, 2.05) is 59.5 Å². The van der Waals surface area contributed by atoms with Crippen LogP contribution in [-0.4, -0.2) is 80.8 Å². The predicted molar refractivity (Wildman–Crippen MR) is 187 cm³/mol. The van der Waals surface area contributed by atoms with Crippen molar-refractivity contribution in [3.8, 4) is 5.75 Å². The quantitative estimate of drug-likeness (QED) is 0.149. The summed E-state index contributed by atoms with van der Waals surface area (Å²) in [5.41, 5.74) is 5.05. The number of ether oxygens (including phenoxy) is 1. The fraction of sp³-hybridized carbons (Fsp3) is 0.342. The molecule has 0 spiro atoms. The normalized spacial score (nSPS) is 18.7. The number of aryl methyl sites for hydroxylation is 1. The van der Waals surface area contributed by atoms with Crippen LogP contribution in [0.4, 0.5) is 14.0 Å². The maximum absolute atomic E-state index is 14.8. The second-order valence-electron chi connectivity index (χ2n) is 12.8. The average Bonchev–Trinajstić information content (AvgIpc) is 3.92. The van der Waals surface area contributed by atoms with Gasteiger partial charge in [0, 0.05) is 37.3 Å². The van der Waals surface area contributed by atoms with Crippen molar-refractivity contribution in [2.45, 2.75) is 63.2 Å². The molecule has 1 aliphatic carbocycles. The third kappa shape index (κ3) is 7.67. The Morgan fingerprint density at radius 1 is 1.00 bits per heavy atom. The topological polar surface area (TPSA) is 111 Å². The van der Waals surface area contributed by atoms with Crippen LogP contribution in [0.15, 0.2) is 89.4 Å². The van der Waals surface area contributed by atoms with Crippen LogP contribution in [0.5, 0.6) is 5.75 Å². The summed E-state index contributed by atoms with van der Waals surface area (Å²) >= 11 is 3.38. The highest BCUT2D eigenvalue weighted by Gasteiger charge is 2.49. The predicted octanol–water partition coefficient (Wildman–Crippen LogP) is 7.39. The van der Waals surface area contributed by atoms with Crippen LogP contribution in [0.25, 0.3) is 5.57 Å². The van der Waals surface area contributed by atoms with E-state index < -0.39 is 24.3 Å². The van der Waals surface area contributed by atoms with Gasteiger partial charge >= 0.3 is 12.2 Å². The zero-order chi connectivity index (χ0) is 34.7. The number of benzene rings is 3. The summed E-state index contributed by atoms with van der Waals surface area (Å²) in [6.07, 6.45) is 3.51. The van der Waals surface area contributed by atoms with Crippen LogP contribution in [-0.2, 0) is 24.2 Å². The van der Waals surface area contributed by atoms with Crippen molar-refractivity contribution in [2.24, 2.45) is 0 Å². The summed E-state index contributed by atoms with van der Waals surface area (Å²) in [6.45, 7) is 4.56. The molecule has 3 aromatic carbocycles. The van der Waals surface area contributed by atoms with Gasteiger partial charge in [-0.3, -0.25) is 9.69 Å². The van der Waals surface area contributed by atoms with Crippen molar-refractivity contribution >= 4 is 39.6 Å². The summed E-state index contributed by atoms with van der Waals surface area (Å²) < 4.78 is 20.1. The third-order valence-electron chi connectivity index (χ3n) is 9.51. The number of rotatable bonds is 12. The molecule has 2 N–H and O–H groups in total. The molecular formula is C38H39BrFN3O6. The highest BCUT2D eigenvalue weighted by atomic mass is 79.9. The van der Waals surface area contributed by atoms with Crippen molar-refractivity contribution in [1.29, 1.82) is 0 Å². The van der Waals surface area contributed by atoms with Crippen molar-refractivity contribution in [3.05, 3.63) is 118 Å². The van der Waals surface area contributed by atoms with Crippen LogP contribution in [0.3, 0.4) is 0 Å². The van der Waals surface area contributed by atoms with Crippen LogP contribution in [0.2, 0.25) is 0 Å². The molecule has 3 aromatic rings. The van der Waals surface area contributed by atoms with E-state index >= 15 is 0 Å². The van der Waals surface area contributed by atoms with Gasteiger partial charge in [-0.1, -0.05) is 54.6 Å². The minimum Gasteiger partial charge on any atom is -0.492 e. The maximum atomic E-state index is 14.8. The number of halogens is 2. The molecule has 1 saturated heterocycles. The molecule has 9 nitrogen and oxygen atoms in total. The molecule has 11 heteroatoms. The first-order chi connectivity index (χ1) is 23.6. The van der Waals surface area contributed by atoms with Gasteiger partial charge in [0.25, 0.3) is 5.91 Å². The lowest BCUT2D eigenvalue weighted by Crippen LogP contribution is -2.65. The lowest BCUT2D eigenvalue weighted by Gasteiger charge is -2.49. The smallest absolute Gasteiger partial charge is 0.408 e. The van der Waals surface area contributed by atoms with Gasteiger partial charge in [-0.2, -0.15) is 0 Å². The maximum Gasteiger partial charge on any atom is 0.408 e. The summed E-state index contributed by atoms with van der Waals surface area (Å²) in [6, 6.07) is 18.6. The van der Waals surface area contributed by atoms with Crippen molar-refractivity contribution in [3.63, 3.8) is 0 Å². The number of nitrogens with zero attached hydrogens (tertiary/aromatic N) is 3. The Labute approximate surface area is 293 Å². The van der Waals surface area contributed by atoms with Crippen LogP contribution < -0.4 is 4.74 Å². The molecule has 49 heavy (non-hydrogen) atoms. The number of hydrogen-bond acceptors (Lipinski definition) is 4. The van der Waals surface area contributed by atoms with Crippen molar-refractivity contribution in [1.82, 2.24) is 14.7 Å².